The number of rotatable bonds is 6. The van der Waals surface area contributed by atoms with Crippen LogP contribution in [-0.4, -0.2) is 50.0 Å². The summed E-state index contributed by atoms with van der Waals surface area (Å²) in [6.45, 7) is 6.48. The highest BCUT2D eigenvalue weighted by atomic mass is 16.5. The molecule has 0 aromatic rings. The van der Waals surface area contributed by atoms with Gasteiger partial charge in [0.25, 0.3) is 0 Å². The first-order valence-electron chi connectivity index (χ1n) is 8.53. The number of carbonyl (C=O) groups is 2. The molecule has 6 aliphatic rings. The summed E-state index contributed by atoms with van der Waals surface area (Å²) in [6, 6.07) is 0.293. The number of carbonyl (C=O) groups excluding carboxylic acids is 2. The van der Waals surface area contributed by atoms with Crippen LogP contribution >= 0.6 is 0 Å². The maximum atomic E-state index is 12.1. The van der Waals surface area contributed by atoms with E-state index in [1.807, 2.05) is 0 Å². The summed E-state index contributed by atoms with van der Waals surface area (Å²) in [5.74, 6) is -0.427. The van der Waals surface area contributed by atoms with Crippen LogP contribution in [0.3, 0.4) is 0 Å². The summed E-state index contributed by atoms with van der Waals surface area (Å²) in [4.78, 5) is 28.5. The third-order valence-corrected chi connectivity index (χ3v) is 6.13. The molecule has 2 aliphatic carbocycles. The molecule has 4 fully saturated rings. The Hall–Kier alpha value is -1.43. The molecular formula is C17H24N2O4. The van der Waals surface area contributed by atoms with Gasteiger partial charge in [0.2, 0.25) is 0 Å². The molecule has 126 valence electrons. The Morgan fingerprint density at radius 2 is 1.96 bits per heavy atom. The fourth-order valence-electron chi connectivity index (χ4n) is 4.72. The van der Waals surface area contributed by atoms with Gasteiger partial charge < -0.3 is 14.8 Å². The molecule has 2 saturated carbocycles. The van der Waals surface area contributed by atoms with Crippen LogP contribution in [0.15, 0.2) is 4.99 Å². The Balaban J connectivity index is 1.14. The van der Waals surface area contributed by atoms with E-state index in [4.69, 9.17) is 9.47 Å². The molecule has 5 unspecified atom stereocenters. The molecule has 0 spiro atoms. The van der Waals surface area contributed by atoms with E-state index in [2.05, 4.69) is 24.2 Å². The average Bonchev–Trinajstić information content (AvgIpc) is 3.17. The van der Waals surface area contributed by atoms with Crippen molar-refractivity contribution in [1.82, 2.24) is 5.32 Å². The van der Waals surface area contributed by atoms with E-state index in [1.165, 1.54) is 0 Å². The Morgan fingerprint density at radius 1 is 1.22 bits per heavy atom. The second-order valence-electron chi connectivity index (χ2n) is 8.08. The third kappa shape index (κ3) is 2.22. The Morgan fingerprint density at radius 3 is 2.48 bits per heavy atom. The van der Waals surface area contributed by atoms with Gasteiger partial charge in [0.05, 0.1) is 19.1 Å². The molecule has 6 rings (SSSR count). The van der Waals surface area contributed by atoms with Crippen molar-refractivity contribution < 1.29 is 19.1 Å². The molecule has 2 saturated heterocycles. The molecular weight excluding hydrogens is 296 g/mol. The minimum Gasteiger partial charge on any atom is -0.465 e. The van der Waals surface area contributed by atoms with Crippen molar-refractivity contribution in [3.05, 3.63) is 0 Å². The summed E-state index contributed by atoms with van der Waals surface area (Å²) >= 11 is 0. The molecule has 23 heavy (non-hydrogen) atoms. The van der Waals surface area contributed by atoms with Crippen molar-refractivity contribution in [3.8, 4) is 0 Å². The number of esters is 2. The van der Waals surface area contributed by atoms with Crippen LogP contribution in [0.25, 0.3) is 0 Å². The predicted octanol–water partition coefficient (Wildman–Crippen LogP) is 0.942. The first-order chi connectivity index (χ1) is 10.9. The molecule has 6 nitrogen and oxygen atoms in total. The van der Waals surface area contributed by atoms with Crippen LogP contribution in [0.2, 0.25) is 0 Å². The van der Waals surface area contributed by atoms with Crippen LogP contribution in [0.5, 0.6) is 0 Å². The van der Waals surface area contributed by atoms with E-state index in [0.29, 0.717) is 25.7 Å². The molecule has 4 aliphatic heterocycles. The Kier molecular flexibility index (Phi) is 3.31. The monoisotopic (exact) mass is 320 g/mol. The van der Waals surface area contributed by atoms with Gasteiger partial charge in [0, 0.05) is 36.7 Å². The van der Waals surface area contributed by atoms with Gasteiger partial charge >= 0.3 is 11.9 Å². The lowest BCUT2D eigenvalue weighted by molar-refractivity contribution is -0.158. The van der Waals surface area contributed by atoms with E-state index < -0.39 is 0 Å². The van der Waals surface area contributed by atoms with E-state index in [1.54, 1.807) is 0 Å². The molecule has 0 aromatic heterocycles. The van der Waals surface area contributed by atoms with E-state index in [0.717, 1.165) is 31.6 Å². The summed E-state index contributed by atoms with van der Waals surface area (Å²) in [5.41, 5.74) is 1.06. The fourth-order valence-corrected chi connectivity index (χ4v) is 4.72. The highest BCUT2D eigenvalue weighted by Gasteiger charge is 2.60. The average molecular weight is 320 g/mol. The van der Waals surface area contributed by atoms with Gasteiger partial charge in [-0.05, 0) is 18.3 Å². The lowest BCUT2D eigenvalue weighted by atomic mass is 9.62. The van der Waals surface area contributed by atoms with Crippen molar-refractivity contribution in [2.45, 2.75) is 39.2 Å². The first-order valence-corrected chi connectivity index (χ1v) is 8.53. The second-order valence-corrected chi connectivity index (χ2v) is 8.08. The molecule has 0 amide bonds. The number of nitrogens with zero attached hydrogens (tertiary/aromatic N) is 1. The van der Waals surface area contributed by atoms with Crippen molar-refractivity contribution >= 4 is 17.7 Å². The summed E-state index contributed by atoms with van der Waals surface area (Å²) < 4.78 is 10.7. The molecule has 0 radical (unpaired) electrons. The molecule has 4 heterocycles. The van der Waals surface area contributed by atoms with Crippen molar-refractivity contribution in [1.29, 1.82) is 0 Å². The first kappa shape index (κ1) is 15.1. The Bertz CT molecular complexity index is 581. The standard InChI is InChI=1S/C17H24N2O4/c1-16-6-10(18-8-16)12(16)14(20)22-4-3-5-23-15(21)13-11-7-17(13,2)9-19-11/h10,12-13,18H,3-9H2,1-2H3. The molecule has 5 atom stereocenters. The minimum absolute atomic E-state index is 0.00591. The zero-order chi connectivity index (χ0) is 16.2. The number of nitrogens with one attached hydrogen (secondary N) is 1. The highest BCUT2D eigenvalue weighted by Crippen LogP contribution is 2.52. The predicted molar refractivity (Wildman–Crippen MR) is 83.1 cm³/mol. The molecule has 6 heteroatoms. The van der Waals surface area contributed by atoms with Gasteiger partial charge in [-0.3, -0.25) is 14.6 Å². The van der Waals surface area contributed by atoms with Gasteiger partial charge in [-0.1, -0.05) is 13.8 Å². The summed E-state index contributed by atoms with van der Waals surface area (Å²) in [5, 5.41) is 3.34. The van der Waals surface area contributed by atoms with E-state index >= 15 is 0 Å². The highest BCUT2D eigenvalue weighted by molar-refractivity contribution is 6.10. The normalized spacial score (nSPS) is 42.5. The van der Waals surface area contributed by atoms with E-state index in [-0.39, 0.29) is 34.6 Å². The smallest absolute Gasteiger partial charge is 0.315 e. The van der Waals surface area contributed by atoms with Crippen molar-refractivity contribution in [2.24, 2.45) is 27.7 Å². The maximum Gasteiger partial charge on any atom is 0.315 e. The number of hydrogen-bond donors (Lipinski definition) is 1. The van der Waals surface area contributed by atoms with Crippen molar-refractivity contribution in [2.75, 3.05) is 26.3 Å². The maximum absolute atomic E-state index is 12.1. The zero-order valence-electron chi connectivity index (χ0n) is 13.8. The minimum atomic E-state index is -0.171. The molecule has 4 bridgehead atoms. The van der Waals surface area contributed by atoms with Crippen LogP contribution in [0, 0.1) is 22.7 Å². The van der Waals surface area contributed by atoms with Crippen molar-refractivity contribution in [3.63, 3.8) is 0 Å². The molecule has 1 N–H and O–H groups in total. The zero-order valence-corrected chi connectivity index (χ0v) is 13.8. The lowest BCUT2D eigenvalue weighted by Crippen LogP contribution is -2.49. The largest absolute Gasteiger partial charge is 0.465 e. The van der Waals surface area contributed by atoms with Gasteiger partial charge in [-0.25, -0.2) is 0 Å². The second kappa shape index (κ2) is 5.03. The number of ether oxygens (including phenoxy) is 2. The summed E-state index contributed by atoms with van der Waals surface area (Å²) in [7, 11) is 0. The number of hydrogen-bond acceptors (Lipinski definition) is 6. The van der Waals surface area contributed by atoms with Crippen LogP contribution in [-0.2, 0) is 19.1 Å². The van der Waals surface area contributed by atoms with E-state index in [9.17, 15) is 9.59 Å². The van der Waals surface area contributed by atoms with Crippen LogP contribution in [0.1, 0.15) is 33.1 Å². The summed E-state index contributed by atoms with van der Waals surface area (Å²) in [6.07, 6.45) is 2.54. The Labute approximate surface area is 136 Å². The van der Waals surface area contributed by atoms with Crippen LogP contribution < -0.4 is 5.32 Å². The van der Waals surface area contributed by atoms with Gasteiger partial charge in [0.1, 0.15) is 5.92 Å². The SMILES string of the molecule is CC12CN=C(C1)C2C(=O)OCCCOC(=O)C1C2CC1(C)CN2. The number of fused-ring (bicyclic) bond motifs is 2. The fraction of sp³-hybridized carbons (Fsp3) is 0.824. The third-order valence-electron chi connectivity index (χ3n) is 6.13. The van der Waals surface area contributed by atoms with Gasteiger partial charge in [-0.15, -0.1) is 0 Å². The quantitative estimate of drug-likeness (QED) is 0.582. The molecule has 0 aromatic carbocycles. The number of aliphatic imine (C=N–C) groups is 1. The van der Waals surface area contributed by atoms with Gasteiger partial charge in [0.15, 0.2) is 0 Å². The van der Waals surface area contributed by atoms with Crippen LogP contribution in [0.4, 0.5) is 0 Å². The topological polar surface area (TPSA) is 77.0 Å². The van der Waals surface area contributed by atoms with Gasteiger partial charge in [-0.2, -0.15) is 0 Å². The lowest BCUT2D eigenvalue weighted by Gasteiger charge is -2.41.